The Morgan fingerprint density at radius 3 is 2.46 bits per heavy atom. The van der Waals surface area contributed by atoms with Crippen molar-refractivity contribution in [2.45, 2.75) is 37.8 Å². The van der Waals surface area contributed by atoms with E-state index in [0.29, 0.717) is 28.5 Å². The largest absolute Gasteiger partial charge is 0.493 e. The van der Waals surface area contributed by atoms with E-state index in [4.69, 9.17) is 19.5 Å². The Morgan fingerprint density at radius 2 is 1.86 bits per heavy atom. The number of hydrogen-bond acceptors (Lipinski definition) is 6. The number of carbonyl (C=O) groups excluding carboxylic acids is 1. The summed E-state index contributed by atoms with van der Waals surface area (Å²) in [4.78, 5) is 16.7. The molecule has 0 saturated heterocycles. The molecule has 1 aromatic carbocycles. The molecular formula is C21H23N3O4. The van der Waals surface area contributed by atoms with Crippen molar-refractivity contribution in [2.24, 2.45) is 0 Å². The SMILES string of the molecule is COc1ccc(C(=O)NC2CCC(Oc3ccc(C#N)cn3)CC2)cc1OC. The smallest absolute Gasteiger partial charge is 0.251 e. The number of nitriles is 1. The van der Waals surface area contributed by atoms with E-state index in [1.165, 1.54) is 6.20 Å². The third-order valence-electron chi connectivity index (χ3n) is 4.81. The predicted octanol–water partition coefficient (Wildman–Crippen LogP) is 3.09. The van der Waals surface area contributed by atoms with Crippen molar-refractivity contribution in [3.63, 3.8) is 0 Å². The Hall–Kier alpha value is -3.27. The van der Waals surface area contributed by atoms with Gasteiger partial charge in [-0.25, -0.2) is 4.98 Å². The van der Waals surface area contributed by atoms with Gasteiger partial charge < -0.3 is 19.5 Å². The van der Waals surface area contributed by atoms with Gasteiger partial charge in [-0.2, -0.15) is 5.26 Å². The molecule has 0 unspecified atom stereocenters. The van der Waals surface area contributed by atoms with Gasteiger partial charge in [0.05, 0.1) is 19.8 Å². The van der Waals surface area contributed by atoms with Crippen LogP contribution in [0.5, 0.6) is 17.4 Å². The maximum atomic E-state index is 12.5. The van der Waals surface area contributed by atoms with Crippen molar-refractivity contribution in [1.29, 1.82) is 5.26 Å². The fourth-order valence-corrected chi connectivity index (χ4v) is 3.26. The number of ether oxygens (including phenoxy) is 3. The van der Waals surface area contributed by atoms with Crippen LogP contribution in [0.4, 0.5) is 0 Å². The fourth-order valence-electron chi connectivity index (χ4n) is 3.26. The molecule has 146 valence electrons. The summed E-state index contributed by atoms with van der Waals surface area (Å²) in [5.74, 6) is 1.52. The zero-order valence-electron chi connectivity index (χ0n) is 16.0. The molecule has 7 heteroatoms. The molecule has 1 fully saturated rings. The quantitative estimate of drug-likeness (QED) is 0.826. The maximum Gasteiger partial charge on any atom is 0.251 e. The van der Waals surface area contributed by atoms with E-state index < -0.39 is 0 Å². The van der Waals surface area contributed by atoms with Crippen molar-refractivity contribution in [3.05, 3.63) is 47.7 Å². The van der Waals surface area contributed by atoms with Crippen LogP contribution in [0.25, 0.3) is 0 Å². The van der Waals surface area contributed by atoms with Crippen molar-refractivity contribution >= 4 is 5.91 Å². The topological polar surface area (TPSA) is 93.5 Å². The van der Waals surface area contributed by atoms with E-state index in [9.17, 15) is 4.79 Å². The van der Waals surface area contributed by atoms with E-state index >= 15 is 0 Å². The fraction of sp³-hybridized carbons (Fsp3) is 0.381. The summed E-state index contributed by atoms with van der Waals surface area (Å²) in [5, 5.41) is 11.9. The minimum Gasteiger partial charge on any atom is -0.493 e. The number of amides is 1. The first-order chi connectivity index (χ1) is 13.6. The van der Waals surface area contributed by atoms with Gasteiger partial charge in [-0.15, -0.1) is 0 Å². The minimum absolute atomic E-state index is 0.0645. The number of methoxy groups -OCH3 is 2. The van der Waals surface area contributed by atoms with Crippen LogP contribution in [0.1, 0.15) is 41.6 Å². The molecule has 1 heterocycles. The van der Waals surface area contributed by atoms with E-state index in [0.717, 1.165) is 25.7 Å². The van der Waals surface area contributed by atoms with Crippen molar-refractivity contribution in [2.75, 3.05) is 14.2 Å². The van der Waals surface area contributed by atoms with Gasteiger partial charge in [0.2, 0.25) is 5.88 Å². The Balaban J connectivity index is 1.51. The second kappa shape index (κ2) is 9.09. The molecule has 7 nitrogen and oxygen atoms in total. The van der Waals surface area contributed by atoms with Crippen molar-refractivity contribution in [3.8, 4) is 23.4 Å². The molecule has 0 bridgehead atoms. The van der Waals surface area contributed by atoms with Crippen LogP contribution in [0, 0.1) is 11.3 Å². The van der Waals surface area contributed by atoms with Gasteiger partial charge >= 0.3 is 0 Å². The second-order valence-electron chi connectivity index (χ2n) is 6.63. The first kappa shape index (κ1) is 19.5. The van der Waals surface area contributed by atoms with Crippen LogP contribution < -0.4 is 19.5 Å². The Labute approximate surface area is 164 Å². The van der Waals surface area contributed by atoms with Crippen LogP contribution in [0.3, 0.4) is 0 Å². The van der Waals surface area contributed by atoms with Gasteiger partial charge in [0.25, 0.3) is 5.91 Å². The van der Waals surface area contributed by atoms with Gasteiger partial charge in [-0.05, 0) is 49.9 Å². The molecule has 1 aromatic heterocycles. The number of aromatic nitrogens is 1. The molecule has 1 aliphatic carbocycles. The predicted molar refractivity (Wildman–Crippen MR) is 103 cm³/mol. The molecular weight excluding hydrogens is 358 g/mol. The van der Waals surface area contributed by atoms with E-state index in [1.807, 2.05) is 6.07 Å². The average molecular weight is 381 g/mol. The van der Waals surface area contributed by atoms with Crippen LogP contribution in [0.15, 0.2) is 36.5 Å². The molecule has 0 radical (unpaired) electrons. The highest BCUT2D eigenvalue weighted by molar-refractivity contribution is 5.95. The van der Waals surface area contributed by atoms with Crippen LogP contribution in [0.2, 0.25) is 0 Å². The second-order valence-corrected chi connectivity index (χ2v) is 6.63. The molecule has 0 atom stereocenters. The molecule has 2 aromatic rings. The zero-order chi connectivity index (χ0) is 19.9. The third kappa shape index (κ3) is 4.71. The number of carbonyl (C=O) groups is 1. The molecule has 0 aliphatic heterocycles. The molecule has 0 spiro atoms. The summed E-state index contributed by atoms with van der Waals surface area (Å²) in [6.07, 6.45) is 4.90. The summed E-state index contributed by atoms with van der Waals surface area (Å²) in [6, 6.07) is 10.7. The maximum absolute atomic E-state index is 12.5. The number of benzene rings is 1. The number of pyridine rings is 1. The first-order valence-corrected chi connectivity index (χ1v) is 9.18. The highest BCUT2D eigenvalue weighted by Gasteiger charge is 2.24. The van der Waals surface area contributed by atoms with Crippen molar-refractivity contribution in [1.82, 2.24) is 10.3 Å². The average Bonchev–Trinajstić information content (AvgIpc) is 2.75. The summed E-state index contributed by atoms with van der Waals surface area (Å²) in [6.45, 7) is 0. The lowest BCUT2D eigenvalue weighted by molar-refractivity contribution is 0.0890. The summed E-state index contributed by atoms with van der Waals surface area (Å²) in [7, 11) is 3.11. The number of hydrogen-bond donors (Lipinski definition) is 1. The van der Waals surface area contributed by atoms with Crippen LogP contribution >= 0.6 is 0 Å². The van der Waals surface area contributed by atoms with Gasteiger partial charge in [-0.1, -0.05) is 0 Å². The summed E-state index contributed by atoms with van der Waals surface area (Å²) in [5.41, 5.74) is 1.05. The normalized spacial score (nSPS) is 18.6. The van der Waals surface area contributed by atoms with E-state index in [2.05, 4.69) is 10.3 Å². The van der Waals surface area contributed by atoms with E-state index in [1.54, 1.807) is 44.6 Å². The lowest BCUT2D eigenvalue weighted by Gasteiger charge is -2.29. The van der Waals surface area contributed by atoms with Crippen LogP contribution in [-0.4, -0.2) is 37.3 Å². The standard InChI is InChI=1S/C21H23N3O4/c1-26-18-9-4-15(11-19(18)27-2)21(25)24-16-5-7-17(8-6-16)28-20-10-3-14(12-22)13-23-20/h3-4,9-11,13,16-17H,5-8H2,1-2H3,(H,24,25). The van der Waals surface area contributed by atoms with Gasteiger partial charge in [0.15, 0.2) is 11.5 Å². The number of nitrogens with zero attached hydrogens (tertiary/aromatic N) is 2. The van der Waals surface area contributed by atoms with Gasteiger partial charge in [-0.3, -0.25) is 4.79 Å². The monoisotopic (exact) mass is 381 g/mol. The Kier molecular flexibility index (Phi) is 6.33. The number of rotatable bonds is 6. The first-order valence-electron chi connectivity index (χ1n) is 9.18. The highest BCUT2D eigenvalue weighted by atomic mass is 16.5. The molecule has 1 saturated carbocycles. The Bertz CT molecular complexity index is 853. The van der Waals surface area contributed by atoms with Crippen molar-refractivity contribution < 1.29 is 19.0 Å². The zero-order valence-corrected chi connectivity index (χ0v) is 16.0. The molecule has 1 aliphatic rings. The Morgan fingerprint density at radius 1 is 1.11 bits per heavy atom. The summed E-state index contributed by atoms with van der Waals surface area (Å²) < 4.78 is 16.3. The lowest BCUT2D eigenvalue weighted by Crippen LogP contribution is -2.39. The third-order valence-corrected chi connectivity index (χ3v) is 4.81. The molecule has 1 amide bonds. The highest BCUT2D eigenvalue weighted by Crippen LogP contribution is 2.28. The van der Waals surface area contributed by atoms with E-state index in [-0.39, 0.29) is 18.1 Å². The lowest BCUT2D eigenvalue weighted by atomic mass is 9.92. The minimum atomic E-state index is -0.126. The molecule has 28 heavy (non-hydrogen) atoms. The summed E-state index contributed by atoms with van der Waals surface area (Å²) >= 11 is 0. The number of nitrogens with one attached hydrogen (secondary N) is 1. The molecule has 1 N–H and O–H groups in total. The molecule has 3 rings (SSSR count). The van der Waals surface area contributed by atoms with Gasteiger partial charge in [0.1, 0.15) is 12.2 Å². The van der Waals surface area contributed by atoms with Crippen LogP contribution in [-0.2, 0) is 0 Å². The van der Waals surface area contributed by atoms with Gasteiger partial charge in [0, 0.05) is 23.9 Å².